The van der Waals surface area contributed by atoms with Crippen LogP contribution >= 0.6 is 0 Å². The van der Waals surface area contributed by atoms with E-state index in [1.54, 1.807) is 13.3 Å². The van der Waals surface area contributed by atoms with E-state index >= 15 is 0 Å². The molecule has 35 heavy (non-hydrogen) atoms. The van der Waals surface area contributed by atoms with Crippen molar-refractivity contribution in [3.8, 4) is 5.75 Å². The number of benzene rings is 2. The number of hydrogen-bond donors (Lipinski definition) is 2. The van der Waals surface area contributed by atoms with Crippen LogP contribution in [-0.4, -0.2) is 51.7 Å². The smallest absolute Gasteiger partial charge is 0.229 e. The molecule has 2 aromatic heterocycles. The van der Waals surface area contributed by atoms with Crippen LogP contribution in [0.3, 0.4) is 0 Å². The van der Waals surface area contributed by atoms with Crippen molar-refractivity contribution in [2.75, 3.05) is 37.9 Å². The lowest BCUT2D eigenvalue weighted by atomic mass is 10.1. The van der Waals surface area contributed by atoms with Gasteiger partial charge in [0.25, 0.3) is 0 Å². The van der Waals surface area contributed by atoms with E-state index in [-0.39, 0.29) is 12.0 Å². The molecule has 0 amide bonds. The fourth-order valence-electron chi connectivity index (χ4n) is 4.22. The second-order valence-electron chi connectivity index (χ2n) is 8.47. The first-order chi connectivity index (χ1) is 16.9. The molecular formula is C24H24F3N7O. The third-order valence-electron chi connectivity index (χ3n) is 6.08. The number of hydrogen-bond acceptors (Lipinski definition) is 7. The molecule has 5 rings (SSSR count). The molecule has 1 aliphatic heterocycles. The molecule has 0 atom stereocenters. The molecule has 2 N–H and O–H groups in total. The van der Waals surface area contributed by atoms with Gasteiger partial charge in [-0.3, -0.25) is 4.57 Å². The van der Waals surface area contributed by atoms with Gasteiger partial charge in [0.15, 0.2) is 17.3 Å². The second-order valence-corrected chi connectivity index (χ2v) is 8.47. The van der Waals surface area contributed by atoms with Crippen LogP contribution < -0.4 is 15.4 Å². The molecule has 1 fully saturated rings. The van der Waals surface area contributed by atoms with Gasteiger partial charge in [-0.15, -0.1) is 0 Å². The first-order valence-electron chi connectivity index (χ1n) is 11.2. The molecule has 182 valence electrons. The standard InChI is InChI=1S/C24H24F3N7O/c1-33-9-7-16(8-10-33)34-22-20(30-24(34)31-21-18(26)11-14(25)12-19(21)27)13-28-23(32-22)29-15-3-5-17(35-2)6-4-15/h3-6,11-13,16H,7-10H2,1-2H3,(H,30,31)(H,28,29,32). The molecular weight excluding hydrogens is 459 g/mol. The number of nitrogens with zero attached hydrogens (tertiary/aromatic N) is 5. The lowest BCUT2D eigenvalue weighted by molar-refractivity contribution is 0.224. The van der Waals surface area contributed by atoms with Gasteiger partial charge in [-0.2, -0.15) is 4.98 Å². The zero-order chi connectivity index (χ0) is 24.5. The van der Waals surface area contributed by atoms with Gasteiger partial charge >= 0.3 is 0 Å². The summed E-state index contributed by atoms with van der Waals surface area (Å²) in [5.41, 5.74) is 1.29. The van der Waals surface area contributed by atoms with E-state index in [1.165, 1.54) is 0 Å². The number of piperidine rings is 1. The van der Waals surface area contributed by atoms with Gasteiger partial charge in [0.1, 0.15) is 22.8 Å². The van der Waals surface area contributed by atoms with E-state index in [4.69, 9.17) is 4.74 Å². The van der Waals surface area contributed by atoms with Crippen LogP contribution in [0.25, 0.3) is 11.2 Å². The summed E-state index contributed by atoms with van der Waals surface area (Å²) in [6.45, 7) is 1.70. The van der Waals surface area contributed by atoms with Crippen molar-refractivity contribution < 1.29 is 17.9 Å². The number of methoxy groups -OCH3 is 1. The van der Waals surface area contributed by atoms with Crippen molar-refractivity contribution in [2.45, 2.75) is 18.9 Å². The Morgan fingerprint density at radius 2 is 1.66 bits per heavy atom. The maximum atomic E-state index is 14.4. The van der Waals surface area contributed by atoms with Crippen molar-refractivity contribution in [1.29, 1.82) is 0 Å². The van der Waals surface area contributed by atoms with Crippen molar-refractivity contribution in [2.24, 2.45) is 0 Å². The molecule has 3 heterocycles. The summed E-state index contributed by atoms with van der Waals surface area (Å²) in [6.07, 6.45) is 3.16. The van der Waals surface area contributed by atoms with Crippen molar-refractivity contribution in [1.82, 2.24) is 24.4 Å². The summed E-state index contributed by atoms with van der Waals surface area (Å²) in [4.78, 5) is 15.8. The molecule has 0 saturated carbocycles. The summed E-state index contributed by atoms with van der Waals surface area (Å²) in [7, 11) is 3.64. The number of rotatable bonds is 6. The summed E-state index contributed by atoms with van der Waals surface area (Å²) >= 11 is 0. The van der Waals surface area contributed by atoms with Gasteiger partial charge in [-0.05, 0) is 57.2 Å². The highest BCUT2D eigenvalue weighted by Gasteiger charge is 2.26. The Hall–Kier alpha value is -3.86. The van der Waals surface area contributed by atoms with Gasteiger partial charge in [-0.1, -0.05) is 0 Å². The zero-order valence-corrected chi connectivity index (χ0v) is 19.2. The van der Waals surface area contributed by atoms with E-state index in [9.17, 15) is 13.2 Å². The van der Waals surface area contributed by atoms with Crippen LogP contribution in [0.1, 0.15) is 18.9 Å². The summed E-state index contributed by atoms with van der Waals surface area (Å²) in [5, 5.41) is 5.89. The SMILES string of the molecule is COc1ccc(Nc2ncc3nc(Nc4c(F)cc(F)cc4F)n(C4CCN(C)CC4)c3n2)cc1. The Labute approximate surface area is 199 Å². The number of halogens is 3. The number of fused-ring (bicyclic) bond motifs is 1. The Bertz CT molecular complexity index is 1330. The molecule has 11 heteroatoms. The minimum absolute atomic E-state index is 0.00555. The third kappa shape index (κ3) is 4.72. The highest BCUT2D eigenvalue weighted by Crippen LogP contribution is 2.33. The molecule has 1 saturated heterocycles. The average Bonchev–Trinajstić information content (AvgIpc) is 3.20. The van der Waals surface area contributed by atoms with Crippen LogP contribution in [-0.2, 0) is 0 Å². The lowest BCUT2D eigenvalue weighted by Gasteiger charge is -2.30. The van der Waals surface area contributed by atoms with E-state index in [0.29, 0.717) is 29.2 Å². The Morgan fingerprint density at radius 3 is 2.31 bits per heavy atom. The molecule has 0 unspecified atom stereocenters. The fourth-order valence-corrected chi connectivity index (χ4v) is 4.22. The summed E-state index contributed by atoms with van der Waals surface area (Å²) in [6, 6.07) is 8.57. The minimum Gasteiger partial charge on any atom is -0.497 e. The van der Waals surface area contributed by atoms with Gasteiger partial charge in [0, 0.05) is 23.9 Å². The number of imidazole rings is 1. The summed E-state index contributed by atoms with van der Waals surface area (Å²) < 4.78 is 49.3. The van der Waals surface area contributed by atoms with Crippen LogP contribution in [0.4, 0.5) is 36.4 Å². The maximum Gasteiger partial charge on any atom is 0.229 e. The number of nitrogens with one attached hydrogen (secondary N) is 2. The van der Waals surface area contributed by atoms with Crippen LogP contribution in [0.2, 0.25) is 0 Å². The third-order valence-corrected chi connectivity index (χ3v) is 6.08. The molecule has 8 nitrogen and oxygen atoms in total. The topological polar surface area (TPSA) is 80.1 Å². The lowest BCUT2D eigenvalue weighted by Crippen LogP contribution is -2.32. The predicted molar refractivity (Wildman–Crippen MR) is 127 cm³/mol. The molecule has 4 aromatic rings. The molecule has 1 aliphatic rings. The Morgan fingerprint density at radius 1 is 0.971 bits per heavy atom. The van der Waals surface area contributed by atoms with E-state index in [1.807, 2.05) is 35.9 Å². The van der Waals surface area contributed by atoms with Gasteiger partial charge in [-0.25, -0.2) is 23.1 Å². The molecule has 0 aliphatic carbocycles. The minimum atomic E-state index is -1.04. The first kappa shape index (κ1) is 22.9. The fraction of sp³-hybridized carbons (Fsp3) is 0.292. The van der Waals surface area contributed by atoms with Gasteiger partial charge in [0.05, 0.1) is 13.3 Å². The van der Waals surface area contributed by atoms with Gasteiger partial charge < -0.3 is 20.3 Å². The van der Waals surface area contributed by atoms with E-state index < -0.39 is 23.1 Å². The van der Waals surface area contributed by atoms with Crippen molar-refractivity contribution in [3.05, 3.63) is 60.0 Å². The van der Waals surface area contributed by atoms with Crippen LogP contribution in [0.5, 0.6) is 5.75 Å². The number of likely N-dealkylation sites (tertiary alicyclic amines) is 1. The summed E-state index contributed by atoms with van der Waals surface area (Å²) in [5.74, 6) is -1.79. The second kappa shape index (κ2) is 9.41. The van der Waals surface area contributed by atoms with E-state index in [2.05, 4.69) is 30.5 Å². The maximum absolute atomic E-state index is 14.4. The molecule has 0 bridgehead atoms. The van der Waals surface area contributed by atoms with Gasteiger partial charge in [0.2, 0.25) is 11.9 Å². The van der Waals surface area contributed by atoms with Crippen LogP contribution in [0.15, 0.2) is 42.6 Å². The Balaban J connectivity index is 1.55. The average molecular weight is 483 g/mol. The van der Waals surface area contributed by atoms with E-state index in [0.717, 1.165) is 37.4 Å². The number of anilines is 4. The number of aromatic nitrogens is 4. The molecule has 0 radical (unpaired) electrons. The number of ether oxygens (including phenoxy) is 1. The monoisotopic (exact) mass is 483 g/mol. The largest absolute Gasteiger partial charge is 0.497 e. The highest BCUT2D eigenvalue weighted by atomic mass is 19.1. The van der Waals surface area contributed by atoms with Crippen LogP contribution in [0, 0.1) is 17.5 Å². The zero-order valence-electron chi connectivity index (χ0n) is 19.2. The molecule has 0 spiro atoms. The normalized spacial score (nSPS) is 14.9. The highest BCUT2D eigenvalue weighted by molar-refractivity contribution is 5.77. The molecule has 2 aromatic carbocycles. The predicted octanol–water partition coefficient (Wildman–Crippen LogP) is 5.01. The quantitative estimate of drug-likeness (QED) is 0.399. The van der Waals surface area contributed by atoms with Crippen molar-refractivity contribution >= 4 is 34.4 Å². The Kier molecular flexibility index (Phi) is 6.16. The van der Waals surface area contributed by atoms with Crippen molar-refractivity contribution in [3.63, 3.8) is 0 Å². The first-order valence-corrected chi connectivity index (χ1v) is 11.2.